The Labute approximate surface area is 104 Å². The summed E-state index contributed by atoms with van der Waals surface area (Å²) in [6.07, 6.45) is -4.95. The quantitative estimate of drug-likeness (QED) is 0.684. The van der Waals surface area contributed by atoms with Crippen molar-refractivity contribution < 1.29 is 27.4 Å². The van der Waals surface area contributed by atoms with Crippen LogP contribution in [0.1, 0.15) is 19.8 Å². The average Bonchev–Trinajstić information content (AvgIpc) is 2.68. The number of fused-ring (bicyclic) bond motifs is 1. The third-order valence-corrected chi connectivity index (χ3v) is 4.15. The highest BCUT2D eigenvalue weighted by atomic mass is 19.4. The standard InChI is InChI=1S/C12H17F3O3/c1-6-5-18-9-4-7(12(13,14)15)3-8(10(6)9)11(16)17-2/h6-10H,3-5H2,1-2H3/t6-,7-,8+,9+,10-/m1/s1. The Balaban J connectivity index is 2.21. The second-order valence-electron chi connectivity index (χ2n) is 5.27. The van der Waals surface area contributed by atoms with Crippen LogP contribution in [0, 0.1) is 23.7 Å². The van der Waals surface area contributed by atoms with Gasteiger partial charge in [0, 0.05) is 12.5 Å². The van der Waals surface area contributed by atoms with E-state index in [-0.39, 0.29) is 24.7 Å². The Morgan fingerprint density at radius 2 is 2.00 bits per heavy atom. The van der Waals surface area contributed by atoms with E-state index in [1.165, 1.54) is 7.11 Å². The maximum absolute atomic E-state index is 12.8. The molecule has 0 bridgehead atoms. The van der Waals surface area contributed by atoms with Crippen LogP contribution in [0.4, 0.5) is 13.2 Å². The lowest BCUT2D eigenvalue weighted by molar-refractivity contribution is -0.201. The largest absolute Gasteiger partial charge is 0.469 e. The number of esters is 1. The van der Waals surface area contributed by atoms with Crippen LogP contribution in [-0.2, 0) is 14.3 Å². The van der Waals surface area contributed by atoms with Crippen LogP contribution in [0.25, 0.3) is 0 Å². The first-order chi connectivity index (χ1) is 8.34. The number of hydrogen-bond acceptors (Lipinski definition) is 3. The van der Waals surface area contributed by atoms with E-state index >= 15 is 0 Å². The van der Waals surface area contributed by atoms with E-state index in [0.717, 1.165) is 0 Å². The molecular weight excluding hydrogens is 249 g/mol. The predicted molar refractivity (Wildman–Crippen MR) is 56.7 cm³/mol. The molecule has 1 heterocycles. The van der Waals surface area contributed by atoms with Crippen LogP contribution in [0.15, 0.2) is 0 Å². The van der Waals surface area contributed by atoms with Crippen LogP contribution >= 0.6 is 0 Å². The van der Waals surface area contributed by atoms with Crippen molar-refractivity contribution >= 4 is 5.97 Å². The fraction of sp³-hybridized carbons (Fsp3) is 0.917. The molecule has 1 saturated carbocycles. The zero-order valence-electron chi connectivity index (χ0n) is 10.4. The van der Waals surface area contributed by atoms with Crippen LogP contribution in [0.2, 0.25) is 0 Å². The maximum atomic E-state index is 12.8. The summed E-state index contributed by atoms with van der Waals surface area (Å²) in [7, 11) is 1.22. The number of halogens is 3. The van der Waals surface area contributed by atoms with E-state index in [9.17, 15) is 18.0 Å². The van der Waals surface area contributed by atoms with Gasteiger partial charge in [0.1, 0.15) is 0 Å². The molecule has 2 fully saturated rings. The molecule has 1 aliphatic heterocycles. The smallest absolute Gasteiger partial charge is 0.391 e. The monoisotopic (exact) mass is 266 g/mol. The van der Waals surface area contributed by atoms with Crippen molar-refractivity contribution in [1.29, 1.82) is 0 Å². The first kappa shape index (κ1) is 13.6. The Bertz CT molecular complexity index is 329. The second-order valence-corrected chi connectivity index (χ2v) is 5.27. The molecule has 1 aliphatic carbocycles. The first-order valence-electron chi connectivity index (χ1n) is 6.10. The van der Waals surface area contributed by atoms with Crippen molar-refractivity contribution in [1.82, 2.24) is 0 Å². The molecule has 0 spiro atoms. The van der Waals surface area contributed by atoms with Crippen molar-refractivity contribution in [3.8, 4) is 0 Å². The number of ether oxygens (including phenoxy) is 2. The second kappa shape index (κ2) is 4.72. The Kier molecular flexibility index (Phi) is 3.58. The summed E-state index contributed by atoms with van der Waals surface area (Å²) in [5.41, 5.74) is 0. The SMILES string of the molecule is COC(=O)[C@H]1C[C@@H](C(F)(F)F)C[C@@H]2OC[C@@H](C)[C@@H]21. The maximum Gasteiger partial charge on any atom is 0.391 e. The topological polar surface area (TPSA) is 35.5 Å². The molecule has 18 heavy (non-hydrogen) atoms. The molecule has 5 atom stereocenters. The molecule has 1 saturated heterocycles. The molecule has 3 nitrogen and oxygen atoms in total. The minimum atomic E-state index is -4.27. The summed E-state index contributed by atoms with van der Waals surface area (Å²) in [6, 6.07) is 0. The van der Waals surface area contributed by atoms with Gasteiger partial charge in [-0.1, -0.05) is 6.92 Å². The lowest BCUT2D eigenvalue weighted by atomic mass is 9.69. The Morgan fingerprint density at radius 1 is 1.33 bits per heavy atom. The summed E-state index contributed by atoms with van der Waals surface area (Å²) in [6.45, 7) is 2.34. The van der Waals surface area contributed by atoms with Gasteiger partial charge < -0.3 is 9.47 Å². The third kappa shape index (κ3) is 2.35. The highest BCUT2D eigenvalue weighted by Crippen LogP contribution is 2.48. The van der Waals surface area contributed by atoms with E-state index in [1.807, 2.05) is 6.92 Å². The molecule has 2 rings (SSSR count). The van der Waals surface area contributed by atoms with E-state index in [1.54, 1.807) is 0 Å². The summed E-state index contributed by atoms with van der Waals surface area (Å²) < 4.78 is 48.5. The third-order valence-electron chi connectivity index (χ3n) is 4.15. The van der Waals surface area contributed by atoms with E-state index in [4.69, 9.17) is 4.74 Å². The zero-order chi connectivity index (χ0) is 13.5. The summed E-state index contributed by atoms with van der Waals surface area (Å²) in [4.78, 5) is 11.7. The molecule has 2 aliphatic rings. The number of hydrogen-bond donors (Lipinski definition) is 0. The van der Waals surface area contributed by atoms with Gasteiger partial charge in [-0.3, -0.25) is 4.79 Å². The number of carbonyl (C=O) groups is 1. The molecular formula is C12H17F3O3. The van der Waals surface area contributed by atoms with Crippen molar-refractivity contribution in [2.75, 3.05) is 13.7 Å². The first-order valence-corrected chi connectivity index (χ1v) is 6.10. The van der Waals surface area contributed by atoms with Gasteiger partial charge in [0.05, 0.1) is 25.0 Å². The zero-order valence-corrected chi connectivity index (χ0v) is 10.4. The van der Waals surface area contributed by atoms with E-state index in [0.29, 0.717) is 6.61 Å². The van der Waals surface area contributed by atoms with Crippen LogP contribution < -0.4 is 0 Å². The van der Waals surface area contributed by atoms with Gasteiger partial charge in [0.25, 0.3) is 0 Å². The molecule has 6 heteroatoms. The van der Waals surface area contributed by atoms with Gasteiger partial charge >= 0.3 is 12.1 Å². The lowest BCUT2D eigenvalue weighted by Gasteiger charge is -2.38. The number of carbonyl (C=O) groups excluding carboxylic acids is 1. The van der Waals surface area contributed by atoms with Crippen molar-refractivity contribution in [2.24, 2.45) is 23.7 Å². The van der Waals surface area contributed by atoms with Crippen LogP contribution in [-0.4, -0.2) is 32.0 Å². The van der Waals surface area contributed by atoms with Gasteiger partial charge in [0.15, 0.2) is 0 Å². The Morgan fingerprint density at radius 3 is 2.56 bits per heavy atom. The van der Waals surface area contributed by atoms with Gasteiger partial charge in [-0.15, -0.1) is 0 Å². The number of methoxy groups -OCH3 is 1. The fourth-order valence-electron chi connectivity index (χ4n) is 3.26. The highest BCUT2D eigenvalue weighted by molar-refractivity contribution is 5.73. The molecule has 0 unspecified atom stereocenters. The molecule has 104 valence electrons. The number of rotatable bonds is 1. The lowest BCUT2D eigenvalue weighted by Crippen LogP contribution is -2.44. The van der Waals surface area contributed by atoms with Crippen molar-refractivity contribution in [3.63, 3.8) is 0 Å². The van der Waals surface area contributed by atoms with Gasteiger partial charge in [-0.05, 0) is 18.8 Å². The molecule has 0 N–H and O–H groups in total. The fourth-order valence-corrected chi connectivity index (χ4v) is 3.26. The van der Waals surface area contributed by atoms with Crippen LogP contribution in [0.5, 0.6) is 0 Å². The van der Waals surface area contributed by atoms with Crippen molar-refractivity contribution in [2.45, 2.75) is 32.0 Å². The molecule has 0 radical (unpaired) electrons. The van der Waals surface area contributed by atoms with E-state index < -0.39 is 30.1 Å². The summed E-state index contributed by atoms with van der Waals surface area (Å²) in [5, 5.41) is 0. The van der Waals surface area contributed by atoms with Gasteiger partial charge in [-0.2, -0.15) is 13.2 Å². The van der Waals surface area contributed by atoms with Gasteiger partial charge in [-0.25, -0.2) is 0 Å². The van der Waals surface area contributed by atoms with Crippen LogP contribution in [0.3, 0.4) is 0 Å². The predicted octanol–water partition coefficient (Wildman–Crippen LogP) is 2.40. The highest BCUT2D eigenvalue weighted by Gasteiger charge is 2.54. The average molecular weight is 266 g/mol. The Hall–Kier alpha value is -0.780. The summed E-state index contributed by atoms with van der Waals surface area (Å²) in [5.74, 6) is -2.74. The molecule has 0 aromatic carbocycles. The minimum Gasteiger partial charge on any atom is -0.469 e. The number of alkyl halides is 3. The minimum absolute atomic E-state index is 0.0357. The van der Waals surface area contributed by atoms with Gasteiger partial charge in [0.2, 0.25) is 0 Å². The summed E-state index contributed by atoms with van der Waals surface area (Å²) >= 11 is 0. The van der Waals surface area contributed by atoms with E-state index in [2.05, 4.69) is 4.74 Å². The molecule has 0 aromatic rings. The normalized spacial score (nSPS) is 40.4. The van der Waals surface area contributed by atoms with Crippen molar-refractivity contribution in [3.05, 3.63) is 0 Å². The molecule has 0 aromatic heterocycles. The molecule has 0 amide bonds.